The molecule has 0 bridgehead atoms. The van der Waals surface area contributed by atoms with Gasteiger partial charge in [-0.05, 0) is 57.0 Å². The second-order valence-corrected chi connectivity index (χ2v) is 6.87. The number of nitrogens with zero attached hydrogens (tertiary/aromatic N) is 5. The monoisotopic (exact) mass is 381 g/mol. The van der Waals surface area contributed by atoms with Crippen molar-refractivity contribution < 1.29 is 4.79 Å². The van der Waals surface area contributed by atoms with E-state index in [0.717, 1.165) is 28.1 Å². The Kier molecular flexibility index (Phi) is 5.06. The van der Waals surface area contributed by atoms with Crippen LogP contribution in [0.5, 0.6) is 0 Å². The zero-order valence-electron chi connectivity index (χ0n) is 15.9. The molecule has 4 heterocycles. The Morgan fingerprint density at radius 1 is 1.15 bits per heavy atom. The molecule has 0 aromatic carbocycles. The van der Waals surface area contributed by atoms with Crippen LogP contribution in [0.15, 0.2) is 36.7 Å². The molecule has 0 unspecified atom stereocenters. The van der Waals surface area contributed by atoms with Gasteiger partial charge in [0.05, 0.1) is 12.2 Å². The number of aromatic nitrogens is 4. The largest absolute Gasteiger partial charge is 0.289 e. The van der Waals surface area contributed by atoms with Gasteiger partial charge >= 0.3 is 0 Å². The topological polar surface area (TPSA) is 63.9 Å². The molecule has 27 heavy (non-hydrogen) atoms. The van der Waals surface area contributed by atoms with E-state index in [2.05, 4.69) is 22.0 Å². The number of carbonyl (C=O) groups is 1. The third-order valence-corrected chi connectivity index (χ3v) is 4.93. The van der Waals surface area contributed by atoms with Gasteiger partial charge in [0.2, 0.25) is 0 Å². The summed E-state index contributed by atoms with van der Waals surface area (Å²) in [5, 5.41) is 4.48. The second-order valence-electron chi connectivity index (χ2n) is 6.87. The average Bonchev–Trinajstić information content (AvgIpc) is 3.06. The van der Waals surface area contributed by atoms with Crippen LogP contribution in [0.25, 0.3) is 11.1 Å². The van der Waals surface area contributed by atoms with Crippen molar-refractivity contribution in [2.24, 2.45) is 0 Å². The summed E-state index contributed by atoms with van der Waals surface area (Å²) < 4.78 is 1.82. The van der Waals surface area contributed by atoms with E-state index in [4.69, 9.17) is 0 Å². The minimum absolute atomic E-state index is 0. The Bertz CT molecular complexity index is 1010. The number of rotatable bonds is 2. The highest BCUT2D eigenvalue weighted by Crippen LogP contribution is 2.32. The van der Waals surface area contributed by atoms with Crippen molar-refractivity contribution in [1.82, 2.24) is 19.7 Å². The highest BCUT2D eigenvalue weighted by atomic mass is 32.1. The van der Waals surface area contributed by atoms with Gasteiger partial charge in [0.1, 0.15) is 11.5 Å². The number of anilines is 1. The van der Waals surface area contributed by atoms with Gasteiger partial charge in [-0.3, -0.25) is 19.4 Å². The van der Waals surface area contributed by atoms with Gasteiger partial charge in [-0.1, -0.05) is 6.07 Å². The molecule has 4 rings (SSSR count). The third-order valence-electron chi connectivity index (χ3n) is 4.93. The molecule has 1 aliphatic rings. The predicted molar refractivity (Wildman–Crippen MR) is 111 cm³/mol. The zero-order valence-corrected chi connectivity index (χ0v) is 16.9. The number of fused-ring (bicyclic) bond motifs is 1. The van der Waals surface area contributed by atoms with Gasteiger partial charge in [-0.25, -0.2) is 4.98 Å². The summed E-state index contributed by atoms with van der Waals surface area (Å²) in [6, 6.07) is 7.88. The summed E-state index contributed by atoms with van der Waals surface area (Å²) in [4.78, 5) is 23.9. The maximum absolute atomic E-state index is 13.3. The van der Waals surface area contributed by atoms with Crippen molar-refractivity contribution in [2.75, 3.05) is 11.4 Å². The number of hydrogen-bond acceptors (Lipinski definition) is 4. The normalized spacial score (nSPS) is 16.1. The van der Waals surface area contributed by atoms with E-state index in [-0.39, 0.29) is 25.4 Å². The first-order chi connectivity index (χ1) is 12.5. The van der Waals surface area contributed by atoms with Crippen LogP contribution in [-0.2, 0) is 0 Å². The first-order valence-corrected chi connectivity index (χ1v) is 8.72. The second kappa shape index (κ2) is 7.15. The van der Waals surface area contributed by atoms with Crippen LogP contribution in [0.3, 0.4) is 0 Å². The fraction of sp³-hybridized carbons (Fsp3) is 0.300. The van der Waals surface area contributed by atoms with Crippen LogP contribution in [0.4, 0.5) is 5.82 Å². The lowest BCUT2D eigenvalue weighted by Crippen LogP contribution is -2.43. The van der Waals surface area contributed by atoms with E-state index in [0.29, 0.717) is 18.1 Å². The minimum Gasteiger partial charge on any atom is -0.289 e. The SMILES string of the molecule is Cc1cc(-c2cnn3c2C(=O)N(c2ccc(C)c(C)n2)C[C@@H]3C)ccn1.S. The van der Waals surface area contributed by atoms with Gasteiger partial charge in [0, 0.05) is 29.7 Å². The summed E-state index contributed by atoms with van der Waals surface area (Å²) in [6.07, 6.45) is 3.53. The molecule has 0 saturated carbocycles. The molecular weight excluding hydrogens is 358 g/mol. The molecule has 0 fully saturated rings. The van der Waals surface area contributed by atoms with Crippen LogP contribution in [-0.4, -0.2) is 32.2 Å². The average molecular weight is 382 g/mol. The number of aryl methyl sites for hydroxylation is 3. The van der Waals surface area contributed by atoms with Gasteiger partial charge in [-0.2, -0.15) is 18.6 Å². The summed E-state index contributed by atoms with van der Waals surface area (Å²) in [5.74, 6) is 0.620. The van der Waals surface area contributed by atoms with E-state index >= 15 is 0 Å². The molecule has 1 aliphatic heterocycles. The molecular formula is C20H23N5OS. The van der Waals surface area contributed by atoms with Gasteiger partial charge in [-0.15, -0.1) is 0 Å². The van der Waals surface area contributed by atoms with Crippen molar-refractivity contribution >= 4 is 25.2 Å². The van der Waals surface area contributed by atoms with Crippen molar-refractivity contribution in [3.63, 3.8) is 0 Å². The van der Waals surface area contributed by atoms with Crippen molar-refractivity contribution in [2.45, 2.75) is 33.7 Å². The fourth-order valence-corrected chi connectivity index (χ4v) is 3.35. The lowest BCUT2D eigenvalue weighted by atomic mass is 10.0. The van der Waals surface area contributed by atoms with Gasteiger partial charge < -0.3 is 0 Å². The Hall–Kier alpha value is -2.67. The molecule has 0 N–H and O–H groups in total. The van der Waals surface area contributed by atoms with Crippen molar-refractivity contribution in [3.8, 4) is 11.1 Å². The number of carbonyl (C=O) groups excluding carboxylic acids is 1. The van der Waals surface area contributed by atoms with Crippen LogP contribution >= 0.6 is 13.5 Å². The first kappa shape index (κ1) is 19.1. The Labute approximate surface area is 165 Å². The maximum atomic E-state index is 13.3. The van der Waals surface area contributed by atoms with Crippen molar-refractivity contribution in [1.29, 1.82) is 0 Å². The minimum atomic E-state index is -0.0687. The number of pyridine rings is 2. The third kappa shape index (κ3) is 3.23. The molecule has 0 radical (unpaired) electrons. The predicted octanol–water partition coefficient (Wildman–Crippen LogP) is 3.60. The molecule has 6 nitrogen and oxygen atoms in total. The fourth-order valence-electron chi connectivity index (χ4n) is 3.35. The van der Waals surface area contributed by atoms with Crippen LogP contribution in [0, 0.1) is 20.8 Å². The van der Waals surface area contributed by atoms with E-state index in [1.807, 2.05) is 49.7 Å². The Morgan fingerprint density at radius 2 is 1.93 bits per heavy atom. The molecule has 0 saturated heterocycles. The lowest BCUT2D eigenvalue weighted by Gasteiger charge is -2.32. The highest BCUT2D eigenvalue weighted by molar-refractivity contribution is 7.59. The molecule has 3 aromatic rings. The van der Waals surface area contributed by atoms with Gasteiger partial charge in [0.25, 0.3) is 5.91 Å². The van der Waals surface area contributed by atoms with Crippen LogP contribution < -0.4 is 4.90 Å². The van der Waals surface area contributed by atoms with Gasteiger partial charge in [0.15, 0.2) is 0 Å². The van der Waals surface area contributed by atoms with Crippen LogP contribution in [0.2, 0.25) is 0 Å². The molecule has 7 heteroatoms. The lowest BCUT2D eigenvalue weighted by molar-refractivity contribution is 0.0953. The summed E-state index contributed by atoms with van der Waals surface area (Å²) in [6.45, 7) is 8.55. The summed E-state index contributed by atoms with van der Waals surface area (Å²) in [5.41, 5.74) is 5.35. The molecule has 0 spiro atoms. The Balaban J connectivity index is 0.00000210. The van der Waals surface area contributed by atoms with E-state index in [1.165, 1.54) is 0 Å². The van der Waals surface area contributed by atoms with E-state index in [1.54, 1.807) is 17.3 Å². The maximum Gasteiger partial charge on any atom is 0.278 e. The molecule has 1 amide bonds. The van der Waals surface area contributed by atoms with E-state index < -0.39 is 0 Å². The summed E-state index contributed by atoms with van der Waals surface area (Å²) >= 11 is 0. The molecule has 0 aliphatic carbocycles. The molecule has 140 valence electrons. The molecule has 3 aromatic heterocycles. The van der Waals surface area contributed by atoms with Crippen molar-refractivity contribution in [3.05, 3.63) is 59.3 Å². The standard InChI is InChI=1S/C20H21N5O.H2S/c1-12-5-6-18(23-15(12)4)24-11-14(3)25-19(20(24)26)17(10-22-25)16-7-8-21-13(2)9-16;/h5-10,14H,11H2,1-4H3;1H2/t14-;/m0./s1. The smallest absolute Gasteiger partial charge is 0.278 e. The van der Waals surface area contributed by atoms with E-state index in [9.17, 15) is 4.79 Å². The quantitative estimate of drug-likeness (QED) is 0.680. The Morgan fingerprint density at radius 3 is 2.63 bits per heavy atom. The molecule has 1 atom stereocenters. The zero-order chi connectivity index (χ0) is 18.4. The number of hydrogen-bond donors (Lipinski definition) is 0. The number of amides is 1. The summed E-state index contributed by atoms with van der Waals surface area (Å²) in [7, 11) is 0. The highest BCUT2D eigenvalue weighted by Gasteiger charge is 2.34. The first-order valence-electron chi connectivity index (χ1n) is 8.72. The van der Waals surface area contributed by atoms with Crippen LogP contribution in [0.1, 0.15) is 40.4 Å².